The number of alkyl halides is 3. The average molecular weight is 244 g/mol. The summed E-state index contributed by atoms with van der Waals surface area (Å²) in [5, 5.41) is 0. The highest BCUT2D eigenvalue weighted by atomic mass is 19.4. The minimum Gasteiger partial charge on any atom is -0.440 e. The second kappa shape index (κ2) is 4.03. The third-order valence-corrected chi connectivity index (χ3v) is 2.51. The molecule has 0 radical (unpaired) electrons. The van der Waals surface area contributed by atoms with Crippen molar-refractivity contribution in [1.82, 2.24) is 4.98 Å². The molecule has 0 saturated carbocycles. The summed E-state index contributed by atoms with van der Waals surface area (Å²) in [6.45, 7) is 2.13. The largest absolute Gasteiger partial charge is 0.440 e. The van der Waals surface area contributed by atoms with Gasteiger partial charge in [0.15, 0.2) is 11.5 Å². The van der Waals surface area contributed by atoms with E-state index in [1.54, 1.807) is 6.92 Å². The van der Waals surface area contributed by atoms with Crippen LogP contribution in [0.25, 0.3) is 11.1 Å². The van der Waals surface area contributed by atoms with Gasteiger partial charge in [0.2, 0.25) is 0 Å². The molecule has 6 heteroatoms. The Bertz CT molecular complexity index is 533. The molecule has 0 amide bonds. The van der Waals surface area contributed by atoms with Crippen molar-refractivity contribution in [3.8, 4) is 0 Å². The van der Waals surface area contributed by atoms with E-state index >= 15 is 0 Å². The van der Waals surface area contributed by atoms with Gasteiger partial charge in [-0.3, -0.25) is 0 Å². The lowest BCUT2D eigenvalue weighted by Crippen LogP contribution is -2.08. The van der Waals surface area contributed by atoms with Crippen LogP contribution in [0.3, 0.4) is 0 Å². The topological polar surface area (TPSA) is 52.0 Å². The molecule has 1 atom stereocenters. The van der Waals surface area contributed by atoms with Crippen LogP contribution in [0.2, 0.25) is 0 Å². The number of fused-ring (bicyclic) bond motifs is 1. The predicted molar refractivity (Wildman–Crippen MR) is 56.5 cm³/mol. The Hall–Kier alpha value is -1.56. The maximum Gasteiger partial charge on any atom is 0.416 e. The molecule has 0 aliphatic rings. The third kappa shape index (κ3) is 2.26. The molecule has 2 rings (SSSR count). The molecule has 2 N–H and O–H groups in total. The maximum absolute atomic E-state index is 12.5. The fourth-order valence-corrected chi connectivity index (χ4v) is 1.43. The first-order chi connectivity index (χ1) is 7.91. The van der Waals surface area contributed by atoms with Crippen LogP contribution in [0.4, 0.5) is 13.2 Å². The Morgan fingerprint density at radius 1 is 1.41 bits per heavy atom. The van der Waals surface area contributed by atoms with Crippen LogP contribution in [-0.4, -0.2) is 11.5 Å². The van der Waals surface area contributed by atoms with Gasteiger partial charge in [0.25, 0.3) is 0 Å². The summed E-state index contributed by atoms with van der Waals surface area (Å²) in [4.78, 5) is 4.01. The van der Waals surface area contributed by atoms with Gasteiger partial charge in [-0.15, -0.1) is 0 Å². The van der Waals surface area contributed by atoms with Crippen molar-refractivity contribution in [3.05, 3.63) is 29.7 Å². The van der Waals surface area contributed by atoms with Crippen molar-refractivity contribution in [2.24, 2.45) is 5.73 Å². The molecule has 92 valence electrons. The summed E-state index contributed by atoms with van der Waals surface area (Å²) in [6.07, 6.45) is -4.37. The molecule has 0 bridgehead atoms. The van der Waals surface area contributed by atoms with E-state index in [-0.39, 0.29) is 11.4 Å². The number of nitrogens with zero attached hydrogens (tertiary/aromatic N) is 1. The highest BCUT2D eigenvalue weighted by Gasteiger charge is 2.31. The van der Waals surface area contributed by atoms with Crippen LogP contribution in [-0.2, 0) is 6.18 Å². The Morgan fingerprint density at radius 3 is 2.71 bits per heavy atom. The number of oxazole rings is 1. The second-order valence-corrected chi connectivity index (χ2v) is 3.87. The van der Waals surface area contributed by atoms with Gasteiger partial charge < -0.3 is 10.2 Å². The van der Waals surface area contributed by atoms with E-state index in [1.165, 1.54) is 6.07 Å². The van der Waals surface area contributed by atoms with E-state index in [1.807, 2.05) is 0 Å². The molecule has 1 heterocycles. The molecule has 0 spiro atoms. The number of halogens is 3. The standard InChI is InChI=1S/C11H11F3N2O/c1-6(5-15)10-16-8-4-7(11(12,13)14)2-3-9(8)17-10/h2-4,6H,5,15H2,1H3. The number of rotatable bonds is 2. The van der Waals surface area contributed by atoms with E-state index in [0.717, 1.165) is 12.1 Å². The molecule has 0 fully saturated rings. The summed E-state index contributed by atoms with van der Waals surface area (Å²) in [5.41, 5.74) is 5.26. The van der Waals surface area contributed by atoms with Crippen LogP contribution >= 0.6 is 0 Å². The number of aromatic nitrogens is 1. The molecule has 1 aromatic heterocycles. The van der Waals surface area contributed by atoms with Crippen molar-refractivity contribution >= 4 is 11.1 Å². The first kappa shape index (κ1) is 11.9. The summed E-state index contributed by atoms with van der Waals surface area (Å²) < 4.78 is 42.7. The zero-order valence-corrected chi connectivity index (χ0v) is 9.08. The van der Waals surface area contributed by atoms with E-state index in [4.69, 9.17) is 10.2 Å². The van der Waals surface area contributed by atoms with Crippen LogP contribution in [0, 0.1) is 0 Å². The van der Waals surface area contributed by atoms with Crippen molar-refractivity contribution in [2.45, 2.75) is 19.0 Å². The molecule has 1 aromatic carbocycles. The third-order valence-electron chi connectivity index (χ3n) is 2.51. The summed E-state index contributed by atoms with van der Waals surface area (Å²) in [7, 11) is 0. The van der Waals surface area contributed by atoms with Gasteiger partial charge in [-0.2, -0.15) is 13.2 Å². The smallest absolute Gasteiger partial charge is 0.416 e. The molecule has 0 saturated heterocycles. The van der Waals surface area contributed by atoms with E-state index < -0.39 is 11.7 Å². The molecule has 0 aliphatic heterocycles. The van der Waals surface area contributed by atoms with Gasteiger partial charge in [0.1, 0.15) is 5.52 Å². The summed E-state index contributed by atoms with van der Waals surface area (Å²) >= 11 is 0. The molecule has 3 nitrogen and oxygen atoms in total. The van der Waals surface area contributed by atoms with Crippen molar-refractivity contribution in [2.75, 3.05) is 6.54 Å². The van der Waals surface area contributed by atoms with Crippen LogP contribution < -0.4 is 5.73 Å². The van der Waals surface area contributed by atoms with Gasteiger partial charge in [-0.1, -0.05) is 6.92 Å². The highest BCUT2D eigenvalue weighted by Crippen LogP contribution is 2.32. The molecular weight excluding hydrogens is 233 g/mol. The van der Waals surface area contributed by atoms with Gasteiger partial charge in [-0.05, 0) is 18.2 Å². The van der Waals surface area contributed by atoms with E-state index in [0.29, 0.717) is 18.0 Å². The fourth-order valence-electron chi connectivity index (χ4n) is 1.43. The molecular formula is C11H11F3N2O. The fraction of sp³-hybridized carbons (Fsp3) is 0.364. The summed E-state index contributed by atoms with van der Waals surface area (Å²) in [5.74, 6) is 0.249. The number of hydrogen-bond donors (Lipinski definition) is 1. The van der Waals surface area contributed by atoms with Crippen LogP contribution in [0.1, 0.15) is 24.3 Å². The van der Waals surface area contributed by atoms with Gasteiger partial charge >= 0.3 is 6.18 Å². The van der Waals surface area contributed by atoms with E-state index in [2.05, 4.69) is 4.98 Å². The minimum atomic E-state index is -4.37. The zero-order chi connectivity index (χ0) is 12.6. The van der Waals surface area contributed by atoms with Gasteiger partial charge in [-0.25, -0.2) is 4.98 Å². The lowest BCUT2D eigenvalue weighted by atomic mass is 10.2. The highest BCUT2D eigenvalue weighted by molar-refractivity contribution is 5.73. The first-order valence-corrected chi connectivity index (χ1v) is 5.09. The lowest BCUT2D eigenvalue weighted by molar-refractivity contribution is -0.137. The predicted octanol–water partition coefficient (Wildman–Crippen LogP) is 2.91. The van der Waals surface area contributed by atoms with Gasteiger partial charge in [0.05, 0.1) is 5.56 Å². The zero-order valence-electron chi connectivity index (χ0n) is 9.08. The van der Waals surface area contributed by atoms with Crippen LogP contribution in [0.5, 0.6) is 0 Å². The quantitative estimate of drug-likeness (QED) is 0.883. The molecule has 17 heavy (non-hydrogen) atoms. The van der Waals surface area contributed by atoms with Crippen LogP contribution in [0.15, 0.2) is 22.6 Å². The minimum absolute atomic E-state index is 0.114. The van der Waals surface area contributed by atoms with Crippen molar-refractivity contribution < 1.29 is 17.6 Å². The number of nitrogens with two attached hydrogens (primary N) is 1. The normalized spacial score (nSPS) is 14.2. The SMILES string of the molecule is CC(CN)c1nc2cc(C(F)(F)F)ccc2o1. The monoisotopic (exact) mass is 244 g/mol. The molecule has 2 aromatic rings. The second-order valence-electron chi connectivity index (χ2n) is 3.87. The molecule has 1 unspecified atom stereocenters. The Kier molecular flexibility index (Phi) is 2.82. The number of hydrogen-bond acceptors (Lipinski definition) is 3. The van der Waals surface area contributed by atoms with Crippen molar-refractivity contribution in [1.29, 1.82) is 0 Å². The Labute approximate surface area is 95.4 Å². The van der Waals surface area contributed by atoms with E-state index in [9.17, 15) is 13.2 Å². The number of benzene rings is 1. The molecule has 0 aliphatic carbocycles. The van der Waals surface area contributed by atoms with Crippen molar-refractivity contribution in [3.63, 3.8) is 0 Å². The lowest BCUT2D eigenvalue weighted by Gasteiger charge is -2.04. The maximum atomic E-state index is 12.5. The van der Waals surface area contributed by atoms with Gasteiger partial charge in [0, 0.05) is 12.5 Å². The average Bonchev–Trinajstić information content (AvgIpc) is 2.69. The Balaban J connectivity index is 2.48. The Morgan fingerprint density at radius 2 is 2.12 bits per heavy atom. The first-order valence-electron chi connectivity index (χ1n) is 5.09. The summed E-state index contributed by atoms with van der Waals surface area (Å²) in [6, 6.07) is 3.23.